The fraction of sp³-hybridized carbons (Fsp3) is 0. The van der Waals surface area contributed by atoms with Gasteiger partial charge in [0.05, 0.1) is 0 Å². The van der Waals surface area contributed by atoms with Crippen molar-refractivity contribution in [1.29, 1.82) is 0 Å². The van der Waals surface area contributed by atoms with Crippen LogP contribution >= 0.6 is 0 Å². The van der Waals surface area contributed by atoms with Crippen LogP contribution in [0.4, 0.5) is 0 Å². The van der Waals surface area contributed by atoms with Crippen molar-refractivity contribution in [1.82, 2.24) is 19.9 Å². The molecule has 10 aromatic rings. The average molecular weight is 677 g/mol. The number of hydrogen-bond donors (Lipinski definition) is 0. The third-order valence-electron chi connectivity index (χ3n) is 10.3. The Kier molecular flexibility index (Phi) is 6.48. The normalized spacial score (nSPS) is 11.8. The minimum Gasteiger partial charge on any atom is -0.454 e. The number of hydrogen-bond acceptors (Lipinski definition) is 5. The van der Waals surface area contributed by atoms with Crippen molar-refractivity contribution >= 4 is 32.8 Å². The molecule has 5 heteroatoms. The summed E-state index contributed by atoms with van der Waals surface area (Å²) in [6.45, 7) is 0. The summed E-state index contributed by atoms with van der Waals surface area (Å²) < 4.78 is 6.52. The molecule has 1 aliphatic carbocycles. The van der Waals surface area contributed by atoms with Crippen molar-refractivity contribution < 1.29 is 4.42 Å². The van der Waals surface area contributed by atoms with E-state index in [-0.39, 0.29) is 0 Å². The molecule has 3 aromatic heterocycles. The molecule has 5 nitrogen and oxygen atoms in total. The summed E-state index contributed by atoms with van der Waals surface area (Å²) >= 11 is 0. The number of fused-ring (bicyclic) bond motifs is 6. The average Bonchev–Trinajstić information content (AvgIpc) is 3.78. The summed E-state index contributed by atoms with van der Waals surface area (Å²) in [5.74, 6) is 1.83. The van der Waals surface area contributed by atoms with E-state index in [1.54, 1.807) is 0 Å². The quantitative estimate of drug-likeness (QED) is 0.181. The van der Waals surface area contributed by atoms with Crippen LogP contribution < -0.4 is 0 Å². The molecule has 0 fully saturated rings. The molecule has 0 N–H and O–H groups in total. The van der Waals surface area contributed by atoms with Gasteiger partial charge in [-0.25, -0.2) is 15.0 Å². The van der Waals surface area contributed by atoms with E-state index in [9.17, 15) is 0 Å². The standard InChI is InChI=1S/C48H28N4O/c1-3-12-29(13-4-1)46-50-47(30-14-5-2-6-15-30)52-48(51-46)35-26-32(25-34(27-35)36-22-23-49-44-40-19-9-10-21-42(40)53-45(36)44)33-24-31-16-11-20-39-37-17-7-8-18-38(37)41(28-33)43(31)39/h1-28H. The first-order valence-corrected chi connectivity index (χ1v) is 17.7. The first-order valence-electron chi connectivity index (χ1n) is 17.7. The number of aromatic nitrogens is 4. The first-order chi connectivity index (χ1) is 26.2. The topological polar surface area (TPSA) is 64.7 Å². The number of furan rings is 1. The van der Waals surface area contributed by atoms with Gasteiger partial charge in [-0.1, -0.05) is 115 Å². The SMILES string of the molecule is c1ccc(-c2nc(-c3ccccc3)nc(-c3cc(-c4cc5c6c(cccc6c4)-c4ccccc4-5)cc(-c4ccnc5c4oc4ccccc45)c3)n2)cc1. The monoisotopic (exact) mass is 676 g/mol. The smallest absolute Gasteiger partial charge is 0.164 e. The van der Waals surface area contributed by atoms with Crippen molar-refractivity contribution in [2.45, 2.75) is 0 Å². The van der Waals surface area contributed by atoms with Crippen LogP contribution in [0, 0.1) is 0 Å². The Morgan fingerprint density at radius 1 is 0.377 bits per heavy atom. The maximum atomic E-state index is 6.52. The van der Waals surface area contributed by atoms with E-state index in [2.05, 4.69) is 78.9 Å². The number of pyridine rings is 1. The van der Waals surface area contributed by atoms with E-state index in [0.717, 1.165) is 61.0 Å². The van der Waals surface area contributed by atoms with Gasteiger partial charge in [0.15, 0.2) is 23.1 Å². The predicted octanol–water partition coefficient (Wildman–Crippen LogP) is 12.3. The molecule has 0 amide bonds. The highest BCUT2D eigenvalue weighted by molar-refractivity contribution is 6.16. The second-order valence-electron chi connectivity index (χ2n) is 13.4. The summed E-state index contributed by atoms with van der Waals surface area (Å²) in [5, 5.41) is 3.49. The van der Waals surface area contributed by atoms with Gasteiger partial charge in [-0.15, -0.1) is 0 Å². The van der Waals surface area contributed by atoms with Crippen LogP contribution in [0.2, 0.25) is 0 Å². The maximum absolute atomic E-state index is 6.52. The molecule has 0 saturated heterocycles. The van der Waals surface area contributed by atoms with Crippen LogP contribution in [0.1, 0.15) is 0 Å². The summed E-state index contributed by atoms with van der Waals surface area (Å²) in [7, 11) is 0. The van der Waals surface area contributed by atoms with Gasteiger partial charge in [-0.05, 0) is 98.2 Å². The van der Waals surface area contributed by atoms with Crippen LogP contribution in [-0.4, -0.2) is 19.9 Å². The Morgan fingerprint density at radius 3 is 1.72 bits per heavy atom. The molecule has 0 saturated carbocycles. The van der Waals surface area contributed by atoms with Crippen LogP contribution in [0.15, 0.2) is 174 Å². The van der Waals surface area contributed by atoms with Crippen molar-refractivity contribution in [3.63, 3.8) is 0 Å². The van der Waals surface area contributed by atoms with Crippen LogP contribution in [0.3, 0.4) is 0 Å². The highest BCUT2D eigenvalue weighted by atomic mass is 16.3. The molecule has 7 aromatic carbocycles. The van der Waals surface area contributed by atoms with Gasteiger partial charge in [0, 0.05) is 33.8 Å². The highest BCUT2D eigenvalue weighted by Gasteiger charge is 2.23. The number of benzene rings is 7. The van der Waals surface area contributed by atoms with Gasteiger partial charge in [0.25, 0.3) is 0 Å². The summed E-state index contributed by atoms with van der Waals surface area (Å²) in [6.07, 6.45) is 1.87. The van der Waals surface area contributed by atoms with Crippen molar-refractivity contribution in [2.75, 3.05) is 0 Å². The molecular weight excluding hydrogens is 649 g/mol. The Hall–Kier alpha value is -7.24. The molecule has 11 rings (SSSR count). The van der Waals surface area contributed by atoms with Gasteiger partial charge >= 0.3 is 0 Å². The summed E-state index contributed by atoms with van der Waals surface area (Å²) in [5.41, 5.74) is 14.3. The van der Waals surface area contributed by atoms with Crippen LogP contribution in [0.5, 0.6) is 0 Å². The number of nitrogens with zero attached hydrogens (tertiary/aromatic N) is 4. The minimum absolute atomic E-state index is 0.591. The second-order valence-corrected chi connectivity index (χ2v) is 13.4. The molecule has 1 aliphatic rings. The number of para-hydroxylation sites is 1. The molecule has 246 valence electrons. The lowest BCUT2D eigenvalue weighted by atomic mass is 9.92. The van der Waals surface area contributed by atoms with E-state index in [1.165, 1.54) is 33.0 Å². The largest absolute Gasteiger partial charge is 0.454 e. The van der Waals surface area contributed by atoms with Gasteiger partial charge in [0.2, 0.25) is 0 Å². The van der Waals surface area contributed by atoms with Crippen molar-refractivity contribution in [3.05, 3.63) is 170 Å². The van der Waals surface area contributed by atoms with Crippen molar-refractivity contribution in [3.8, 4) is 78.7 Å². The van der Waals surface area contributed by atoms with Crippen molar-refractivity contribution in [2.24, 2.45) is 0 Å². The third kappa shape index (κ3) is 4.79. The summed E-state index contributed by atoms with van der Waals surface area (Å²) in [4.78, 5) is 20.0. The van der Waals surface area contributed by atoms with Gasteiger partial charge in [-0.2, -0.15) is 0 Å². The van der Waals surface area contributed by atoms with E-state index in [0.29, 0.717) is 17.5 Å². The molecule has 0 unspecified atom stereocenters. The Bertz CT molecular complexity index is 3000. The molecule has 3 heterocycles. The van der Waals surface area contributed by atoms with E-state index in [1.807, 2.05) is 91.1 Å². The molecule has 0 radical (unpaired) electrons. The lowest BCUT2D eigenvalue weighted by Gasteiger charge is -2.14. The molecule has 0 atom stereocenters. The molecule has 0 spiro atoms. The highest BCUT2D eigenvalue weighted by Crippen LogP contribution is 2.49. The number of rotatable bonds is 5. The zero-order valence-electron chi connectivity index (χ0n) is 28.4. The third-order valence-corrected chi connectivity index (χ3v) is 10.3. The van der Waals surface area contributed by atoms with Gasteiger partial charge in [0.1, 0.15) is 11.1 Å². The van der Waals surface area contributed by atoms with Crippen LogP contribution in [-0.2, 0) is 0 Å². The zero-order chi connectivity index (χ0) is 34.9. The zero-order valence-corrected chi connectivity index (χ0v) is 28.4. The molecule has 0 aliphatic heterocycles. The molecule has 53 heavy (non-hydrogen) atoms. The first kappa shape index (κ1) is 29.5. The van der Waals surface area contributed by atoms with E-state index in [4.69, 9.17) is 24.4 Å². The Morgan fingerprint density at radius 2 is 0.962 bits per heavy atom. The predicted molar refractivity (Wildman–Crippen MR) is 214 cm³/mol. The van der Waals surface area contributed by atoms with E-state index >= 15 is 0 Å². The fourth-order valence-corrected chi connectivity index (χ4v) is 7.83. The maximum Gasteiger partial charge on any atom is 0.164 e. The molecular formula is C48H28N4O. The summed E-state index contributed by atoms with van der Waals surface area (Å²) in [6, 6.07) is 56.9. The Balaban J connectivity index is 1.19. The van der Waals surface area contributed by atoms with E-state index < -0.39 is 0 Å². The fourth-order valence-electron chi connectivity index (χ4n) is 7.83. The molecule has 0 bridgehead atoms. The lowest BCUT2D eigenvalue weighted by Crippen LogP contribution is -2.00. The second kappa shape index (κ2) is 11.7. The van der Waals surface area contributed by atoms with Gasteiger partial charge in [-0.3, -0.25) is 4.98 Å². The van der Waals surface area contributed by atoms with Gasteiger partial charge < -0.3 is 4.42 Å². The Labute approximate surface area is 304 Å². The lowest BCUT2D eigenvalue weighted by molar-refractivity contribution is 0.669. The van der Waals surface area contributed by atoms with Crippen LogP contribution in [0.25, 0.3) is 112 Å². The minimum atomic E-state index is 0.591.